The third-order valence-electron chi connectivity index (χ3n) is 1.68. The van der Waals surface area contributed by atoms with Gasteiger partial charge >= 0.3 is 0 Å². The van der Waals surface area contributed by atoms with Crippen LogP contribution in [-0.2, 0) is 5.33 Å². The maximum Gasteiger partial charge on any atom is 0.288 e. The molecule has 0 spiro atoms. The van der Waals surface area contributed by atoms with Crippen LogP contribution < -0.4 is 0 Å². The molecule has 1 aromatic heterocycles. The normalized spacial score (nSPS) is 10.7. The zero-order valence-electron chi connectivity index (χ0n) is 7.08. The van der Waals surface area contributed by atoms with Gasteiger partial charge in [0, 0.05) is 11.5 Å². The number of rotatable bonds is 3. The van der Waals surface area contributed by atoms with Crippen molar-refractivity contribution in [1.29, 1.82) is 0 Å². The zero-order valence-corrected chi connectivity index (χ0v) is 8.67. The van der Waals surface area contributed by atoms with Crippen LogP contribution in [0.2, 0.25) is 0 Å². The van der Waals surface area contributed by atoms with Crippen molar-refractivity contribution in [2.75, 3.05) is 0 Å². The van der Waals surface area contributed by atoms with E-state index in [1.165, 1.54) is 0 Å². The second kappa shape index (κ2) is 4.56. The van der Waals surface area contributed by atoms with Crippen LogP contribution in [0, 0.1) is 16.1 Å². The van der Waals surface area contributed by atoms with E-state index in [0.717, 1.165) is 0 Å². The van der Waals surface area contributed by atoms with Gasteiger partial charge in [-0.2, -0.15) is 4.39 Å². The maximum absolute atomic E-state index is 13.0. The van der Waals surface area contributed by atoms with E-state index < -0.39 is 34.1 Å². The summed E-state index contributed by atoms with van der Waals surface area (Å²) in [5.41, 5.74) is -2.27. The van der Waals surface area contributed by atoms with Crippen LogP contribution in [0.15, 0.2) is 6.20 Å². The van der Waals surface area contributed by atoms with Gasteiger partial charge in [0.05, 0.1) is 10.5 Å². The van der Waals surface area contributed by atoms with E-state index in [9.17, 15) is 23.3 Å². The molecule has 0 radical (unpaired) electrons. The Bertz CT molecular complexity index is 400. The largest absolute Gasteiger partial charge is 0.288 e. The summed E-state index contributed by atoms with van der Waals surface area (Å²) in [6.45, 7) is 0. The van der Waals surface area contributed by atoms with Gasteiger partial charge in [0.15, 0.2) is 0 Å². The first-order chi connectivity index (χ1) is 6.99. The van der Waals surface area contributed by atoms with Crippen molar-refractivity contribution in [2.45, 2.75) is 11.8 Å². The van der Waals surface area contributed by atoms with Crippen molar-refractivity contribution in [3.63, 3.8) is 0 Å². The third-order valence-corrected chi connectivity index (χ3v) is 2.24. The minimum Gasteiger partial charge on any atom is -0.258 e. The van der Waals surface area contributed by atoms with Crippen molar-refractivity contribution < 1.29 is 18.1 Å². The van der Waals surface area contributed by atoms with Crippen molar-refractivity contribution in [2.24, 2.45) is 0 Å². The fourth-order valence-electron chi connectivity index (χ4n) is 1.03. The Kier molecular flexibility index (Phi) is 3.61. The number of alkyl halides is 3. The van der Waals surface area contributed by atoms with Crippen LogP contribution in [0.3, 0.4) is 0 Å². The standard InChI is InChI=1S/C7H4BrF3N2O2/c8-1-3-5(13(14)15)4(6(9)10)2-12-7(3)11/h2,6H,1H2. The molecule has 0 atom stereocenters. The van der Waals surface area contributed by atoms with Crippen LogP contribution in [0.4, 0.5) is 18.9 Å². The molecule has 15 heavy (non-hydrogen) atoms. The minimum atomic E-state index is -3.06. The summed E-state index contributed by atoms with van der Waals surface area (Å²) in [4.78, 5) is 12.5. The fourth-order valence-corrected chi connectivity index (χ4v) is 1.53. The highest BCUT2D eigenvalue weighted by molar-refractivity contribution is 9.08. The predicted molar refractivity (Wildman–Crippen MR) is 48.4 cm³/mol. The molecule has 82 valence electrons. The van der Waals surface area contributed by atoms with Gasteiger partial charge in [-0.05, 0) is 0 Å². The van der Waals surface area contributed by atoms with E-state index in [1.807, 2.05) is 0 Å². The first-order valence-corrected chi connectivity index (χ1v) is 4.77. The van der Waals surface area contributed by atoms with Crippen LogP contribution in [0.25, 0.3) is 0 Å². The average Bonchev–Trinajstić information content (AvgIpc) is 2.16. The highest BCUT2D eigenvalue weighted by Crippen LogP contribution is 2.33. The molecule has 0 fully saturated rings. The highest BCUT2D eigenvalue weighted by Gasteiger charge is 2.28. The van der Waals surface area contributed by atoms with Gasteiger partial charge in [-0.1, -0.05) is 15.9 Å². The molecule has 1 heterocycles. The Morgan fingerprint density at radius 3 is 2.60 bits per heavy atom. The molecule has 0 aliphatic heterocycles. The summed E-state index contributed by atoms with van der Waals surface area (Å²) in [5, 5.41) is 10.3. The van der Waals surface area contributed by atoms with Crippen LogP contribution in [0.5, 0.6) is 0 Å². The van der Waals surface area contributed by atoms with Crippen LogP contribution in [-0.4, -0.2) is 9.91 Å². The van der Waals surface area contributed by atoms with Gasteiger partial charge in [-0.15, -0.1) is 0 Å². The SMILES string of the molecule is O=[N+]([O-])c1c(C(F)F)cnc(F)c1CBr. The summed E-state index contributed by atoms with van der Waals surface area (Å²) in [6.07, 6.45) is -2.58. The van der Waals surface area contributed by atoms with Crippen molar-refractivity contribution >= 4 is 21.6 Å². The minimum absolute atomic E-state index is 0.247. The number of halogens is 4. The molecule has 0 saturated carbocycles. The number of pyridine rings is 1. The van der Waals surface area contributed by atoms with E-state index in [1.54, 1.807) is 0 Å². The number of nitro groups is 1. The summed E-state index contributed by atoms with van der Waals surface area (Å²) in [7, 11) is 0. The van der Waals surface area contributed by atoms with E-state index in [-0.39, 0.29) is 5.33 Å². The highest BCUT2D eigenvalue weighted by atomic mass is 79.9. The Morgan fingerprint density at radius 2 is 2.20 bits per heavy atom. The predicted octanol–water partition coefficient (Wildman–Crippen LogP) is 2.96. The third kappa shape index (κ3) is 2.25. The van der Waals surface area contributed by atoms with Gasteiger partial charge in [-0.25, -0.2) is 13.8 Å². The average molecular weight is 285 g/mol. The Morgan fingerprint density at radius 1 is 1.60 bits per heavy atom. The molecule has 0 unspecified atom stereocenters. The molecule has 8 heteroatoms. The molecule has 0 aliphatic rings. The van der Waals surface area contributed by atoms with Gasteiger partial charge in [0.25, 0.3) is 12.1 Å². The Balaban J connectivity index is 3.49. The molecule has 0 amide bonds. The molecule has 0 aromatic carbocycles. The molecule has 1 rings (SSSR count). The lowest BCUT2D eigenvalue weighted by Gasteiger charge is -2.05. The number of hydrogen-bond donors (Lipinski definition) is 0. The first-order valence-electron chi connectivity index (χ1n) is 3.64. The maximum atomic E-state index is 13.0. The second-order valence-electron chi connectivity index (χ2n) is 2.52. The van der Waals surface area contributed by atoms with E-state index in [2.05, 4.69) is 20.9 Å². The van der Waals surface area contributed by atoms with E-state index in [0.29, 0.717) is 6.20 Å². The van der Waals surface area contributed by atoms with Gasteiger partial charge < -0.3 is 0 Å². The fraction of sp³-hybridized carbons (Fsp3) is 0.286. The number of aromatic nitrogens is 1. The lowest BCUT2D eigenvalue weighted by atomic mass is 10.1. The molecular formula is C7H4BrF3N2O2. The monoisotopic (exact) mass is 284 g/mol. The molecular weight excluding hydrogens is 281 g/mol. The van der Waals surface area contributed by atoms with Crippen LogP contribution >= 0.6 is 15.9 Å². The van der Waals surface area contributed by atoms with Crippen molar-refractivity contribution in [1.82, 2.24) is 4.98 Å². The van der Waals surface area contributed by atoms with Crippen molar-refractivity contribution in [3.8, 4) is 0 Å². The van der Waals surface area contributed by atoms with E-state index in [4.69, 9.17) is 0 Å². The molecule has 0 bridgehead atoms. The molecule has 1 aromatic rings. The van der Waals surface area contributed by atoms with Gasteiger partial charge in [-0.3, -0.25) is 10.1 Å². The van der Waals surface area contributed by atoms with Gasteiger partial charge in [0.2, 0.25) is 5.95 Å². The topological polar surface area (TPSA) is 56.0 Å². The zero-order chi connectivity index (χ0) is 11.6. The summed E-state index contributed by atoms with van der Waals surface area (Å²) in [6, 6.07) is 0. The van der Waals surface area contributed by atoms with E-state index >= 15 is 0 Å². The molecule has 0 N–H and O–H groups in total. The lowest BCUT2D eigenvalue weighted by molar-refractivity contribution is -0.387. The summed E-state index contributed by atoms with van der Waals surface area (Å²) >= 11 is 2.78. The molecule has 0 saturated heterocycles. The summed E-state index contributed by atoms with van der Waals surface area (Å²) < 4.78 is 37.7. The smallest absolute Gasteiger partial charge is 0.258 e. The first kappa shape index (κ1) is 11.9. The van der Waals surface area contributed by atoms with Gasteiger partial charge in [0.1, 0.15) is 5.56 Å². The Labute approximate surface area is 90.4 Å². The van der Waals surface area contributed by atoms with Crippen LogP contribution in [0.1, 0.15) is 17.6 Å². The molecule has 4 nitrogen and oxygen atoms in total. The van der Waals surface area contributed by atoms with Crippen molar-refractivity contribution in [3.05, 3.63) is 33.4 Å². The quantitative estimate of drug-likeness (QED) is 0.371. The summed E-state index contributed by atoms with van der Waals surface area (Å²) in [5.74, 6) is -1.12. The number of nitrogens with zero attached hydrogens (tertiary/aromatic N) is 2. The second-order valence-corrected chi connectivity index (χ2v) is 3.08. The lowest BCUT2D eigenvalue weighted by Crippen LogP contribution is -2.04. The molecule has 0 aliphatic carbocycles. The Hall–Kier alpha value is -1.18. The number of hydrogen-bond acceptors (Lipinski definition) is 3.